The number of benzene rings is 3. The summed E-state index contributed by atoms with van der Waals surface area (Å²) in [5.74, 6) is 0. The minimum absolute atomic E-state index is 0.0541. The fourth-order valence-electron chi connectivity index (χ4n) is 5.38. The van der Waals surface area contributed by atoms with Gasteiger partial charge in [-0.1, -0.05) is 72.3 Å². The third kappa shape index (κ3) is 5.87. The molecule has 1 heterocycles. The molecule has 7 heteroatoms. The Morgan fingerprint density at radius 3 is 2.34 bits per heavy atom. The van der Waals surface area contributed by atoms with Gasteiger partial charge in [0.15, 0.2) is 0 Å². The Balaban J connectivity index is 1.54. The average molecular weight is 544 g/mol. The van der Waals surface area contributed by atoms with E-state index >= 15 is 0 Å². The van der Waals surface area contributed by atoms with Crippen molar-refractivity contribution in [2.24, 2.45) is 0 Å². The number of hydrogen-bond donors (Lipinski definition) is 0. The number of halogens is 6. The van der Waals surface area contributed by atoms with Crippen LogP contribution in [0.3, 0.4) is 0 Å². The first-order valence-corrected chi connectivity index (χ1v) is 13.1. The molecule has 1 fully saturated rings. The minimum atomic E-state index is -4.54. The second-order valence-corrected chi connectivity index (χ2v) is 10.3. The van der Waals surface area contributed by atoms with Crippen LogP contribution in [0.2, 0.25) is 5.02 Å². The van der Waals surface area contributed by atoms with Crippen molar-refractivity contribution >= 4 is 28.8 Å². The van der Waals surface area contributed by atoms with Gasteiger partial charge >= 0.3 is 6.18 Å². The second-order valence-electron chi connectivity index (χ2n) is 9.87. The van der Waals surface area contributed by atoms with Gasteiger partial charge in [-0.3, -0.25) is 4.90 Å². The van der Waals surface area contributed by atoms with Crippen LogP contribution in [0.5, 0.6) is 0 Å². The molecule has 0 amide bonds. The smallest absolute Gasteiger partial charge is 0.295 e. The fraction of sp³-hybridized carbons (Fsp3) is 0.290. The van der Waals surface area contributed by atoms with Gasteiger partial charge in [0, 0.05) is 31.1 Å². The fourth-order valence-corrected chi connectivity index (χ4v) is 5.55. The number of fused-ring (bicyclic) bond motifs is 1. The Hall–Kier alpha value is -2.96. The Labute approximate surface area is 224 Å². The van der Waals surface area contributed by atoms with E-state index in [-0.39, 0.29) is 17.0 Å². The highest BCUT2D eigenvalue weighted by Gasteiger charge is 2.35. The summed E-state index contributed by atoms with van der Waals surface area (Å²) in [4.78, 5) is 1.98. The largest absolute Gasteiger partial charge is 0.417 e. The zero-order chi connectivity index (χ0) is 26.9. The SMILES string of the molecule is FC(F)CCN1CC(=Cc2ccc(C3=C(c4ccc(Cl)cc4C(F)(F)F)CCCc4ccccc43)cc2)C1. The van der Waals surface area contributed by atoms with Crippen molar-refractivity contribution in [3.8, 4) is 0 Å². The Morgan fingerprint density at radius 2 is 1.63 bits per heavy atom. The van der Waals surface area contributed by atoms with Crippen molar-refractivity contribution in [2.45, 2.75) is 38.3 Å². The molecule has 0 N–H and O–H groups in total. The molecule has 38 heavy (non-hydrogen) atoms. The van der Waals surface area contributed by atoms with Crippen LogP contribution in [-0.2, 0) is 12.6 Å². The van der Waals surface area contributed by atoms with Crippen molar-refractivity contribution in [1.29, 1.82) is 0 Å². The van der Waals surface area contributed by atoms with Gasteiger partial charge < -0.3 is 0 Å². The first kappa shape index (κ1) is 26.6. The van der Waals surface area contributed by atoms with Crippen LogP contribution < -0.4 is 0 Å². The predicted octanol–water partition coefficient (Wildman–Crippen LogP) is 9.01. The number of rotatable bonds is 6. The molecule has 1 aliphatic carbocycles. The molecule has 0 spiro atoms. The molecule has 198 valence electrons. The van der Waals surface area contributed by atoms with Gasteiger partial charge in [0.1, 0.15) is 0 Å². The lowest BCUT2D eigenvalue weighted by Gasteiger charge is -2.34. The van der Waals surface area contributed by atoms with Crippen molar-refractivity contribution in [1.82, 2.24) is 4.90 Å². The van der Waals surface area contributed by atoms with Gasteiger partial charge in [-0.05, 0) is 75.9 Å². The molecule has 5 rings (SSSR count). The Morgan fingerprint density at radius 1 is 0.895 bits per heavy atom. The van der Waals surface area contributed by atoms with Crippen LogP contribution in [0, 0.1) is 0 Å². The molecule has 3 aromatic rings. The van der Waals surface area contributed by atoms with E-state index in [2.05, 4.69) is 6.08 Å². The van der Waals surface area contributed by atoms with E-state index < -0.39 is 18.2 Å². The monoisotopic (exact) mass is 543 g/mol. The maximum atomic E-state index is 14.1. The standard InChI is InChI=1S/C31H27ClF5N/c32-24-12-13-26(28(17-24)31(35,36)37)27-7-3-5-22-4-1-2-6-25(22)30(27)23-10-8-20(9-11-23)16-21-18-38(19-21)15-14-29(33)34/h1-2,4,6,8-13,16-17,29H,3,5,7,14-15,18-19H2. The number of hydrogen-bond acceptors (Lipinski definition) is 1. The first-order valence-electron chi connectivity index (χ1n) is 12.7. The first-order chi connectivity index (χ1) is 18.2. The van der Waals surface area contributed by atoms with Crippen LogP contribution in [0.4, 0.5) is 22.0 Å². The summed E-state index contributed by atoms with van der Waals surface area (Å²) in [6, 6.07) is 19.8. The van der Waals surface area contributed by atoms with E-state index in [0.29, 0.717) is 31.6 Å². The van der Waals surface area contributed by atoms with Crippen LogP contribution in [0.1, 0.15) is 52.6 Å². The molecule has 0 aromatic heterocycles. The molecule has 1 saturated heterocycles. The maximum absolute atomic E-state index is 14.1. The van der Waals surface area contributed by atoms with E-state index in [1.807, 2.05) is 53.4 Å². The minimum Gasteiger partial charge on any atom is -0.295 e. The number of likely N-dealkylation sites (tertiary alicyclic amines) is 1. The molecule has 0 atom stereocenters. The molecule has 0 bridgehead atoms. The summed E-state index contributed by atoms with van der Waals surface area (Å²) in [6.45, 7) is 1.73. The lowest BCUT2D eigenvalue weighted by Crippen LogP contribution is -2.40. The number of allylic oxidation sites excluding steroid dienone is 1. The maximum Gasteiger partial charge on any atom is 0.417 e. The summed E-state index contributed by atoms with van der Waals surface area (Å²) < 4.78 is 67.2. The van der Waals surface area contributed by atoms with Gasteiger partial charge in [-0.15, -0.1) is 0 Å². The lowest BCUT2D eigenvalue weighted by atomic mass is 9.86. The Bertz CT molecular complexity index is 1360. The summed E-state index contributed by atoms with van der Waals surface area (Å²) in [7, 11) is 0. The van der Waals surface area contributed by atoms with Gasteiger partial charge in [0.25, 0.3) is 0 Å². The van der Waals surface area contributed by atoms with Crippen LogP contribution in [0.15, 0.2) is 72.3 Å². The highest BCUT2D eigenvalue weighted by atomic mass is 35.5. The molecule has 3 aromatic carbocycles. The number of nitrogens with zero attached hydrogens (tertiary/aromatic N) is 1. The normalized spacial score (nSPS) is 16.3. The van der Waals surface area contributed by atoms with Gasteiger partial charge in [-0.2, -0.15) is 13.2 Å². The van der Waals surface area contributed by atoms with Gasteiger partial charge in [0.2, 0.25) is 6.43 Å². The summed E-state index contributed by atoms with van der Waals surface area (Å²) >= 11 is 5.99. The molecular formula is C31H27ClF5N. The van der Waals surface area contributed by atoms with E-state index in [0.717, 1.165) is 46.7 Å². The zero-order valence-electron chi connectivity index (χ0n) is 20.7. The highest BCUT2D eigenvalue weighted by Crippen LogP contribution is 2.44. The van der Waals surface area contributed by atoms with Crippen molar-refractivity contribution < 1.29 is 22.0 Å². The molecule has 0 unspecified atom stereocenters. The third-order valence-electron chi connectivity index (χ3n) is 7.16. The van der Waals surface area contributed by atoms with Crippen LogP contribution in [-0.4, -0.2) is 31.0 Å². The lowest BCUT2D eigenvalue weighted by molar-refractivity contribution is -0.137. The number of aryl methyl sites for hydroxylation is 1. The van der Waals surface area contributed by atoms with E-state index in [4.69, 9.17) is 11.6 Å². The summed E-state index contributed by atoms with van der Waals surface area (Å²) in [6.07, 6.45) is -2.86. The van der Waals surface area contributed by atoms with Gasteiger partial charge in [-0.25, -0.2) is 8.78 Å². The molecule has 0 radical (unpaired) electrons. The quantitative estimate of drug-likeness (QED) is 0.280. The average Bonchev–Trinajstić information content (AvgIpc) is 3.05. The predicted molar refractivity (Wildman–Crippen MR) is 143 cm³/mol. The summed E-state index contributed by atoms with van der Waals surface area (Å²) in [5, 5.41) is 0.0541. The molecule has 0 saturated carbocycles. The van der Waals surface area contributed by atoms with Crippen molar-refractivity contribution in [3.63, 3.8) is 0 Å². The van der Waals surface area contributed by atoms with E-state index in [1.165, 1.54) is 17.7 Å². The highest BCUT2D eigenvalue weighted by molar-refractivity contribution is 6.30. The van der Waals surface area contributed by atoms with Crippen LogP contribution in [0.25, 0.3) is 17.2 Å². The third-order valence-corrected chi connectivity index (χ3v) is 7.40. The molecule has 1 nitrogen and oxygen atoms in total. The van der Waals surface area contributed by atoms with E-state index in [9.17, 15) is 22.0 Å². The molecular weight excluding hydrogens is 517 g/mol. The summed E-state index contributed by atoms with van der Waals surface area (Å²) in [5.41, 5.74) is 5.98. The second kappa shape index (κ2) is 11.0. The Kier molecular flexibility index (Phi) is 7.73. The topological polar surface area (TPSA) is 3.24 Å². The van der Waals surface area contributed by atoms with Crippen LogP contribution >= 0.6 is 11.6 Å². The van der Waals surface area contributed by atoms with Crippen molar-refractivity contribution in [2.75, 3.05) is 19.6 Å². The zero-order valence-corrected chi connectivity index (χ0v) is 21.4. The molecule has 1 aliphatic heterocycles. The van der Waals surface area contributed by atoms with E-state index in [1.54, 1.807) is 0 Å². The van der Waals surface area contributed by atoms with Crippen molar-refractivity contribution in [3.05, 3.63) is 111 Å². The molecule has 2 aliphatic rings. The number of alkyl halides is 5. The van der Waals surface area contributed by atoms with Gasteiger partial charge in [0.05, 0.1) is 5.56 Å².